The first-order valence-electron chi connectivity index (χ1n) is 9.47. The second-order valence-corrected chi connectivity index (χ2v) is 8.77. The van der Waals surface area contributed by atoms with Crippen LogP contribution in [0.15, 0.2) is 59.8 Å². The van der Waals surface area contributed by atoms with Crippen molar-refractivity contribution < 1.29 is 36.6 Å². The van der Waals surface area contributed by atoms with Crippen molar-refractivity contribution >= 4 is 45.2 Å². The molecule has 0 aliphatic heterocycles. The van der Waals surface area contributed by atoms with E-state index in [2.05, 4.69) is 9.97 Å². The Hall–Kier alpha value is -2.60. The monoisotopic (exact) mass is 518 g/mol. The fraction of sp³-hybridized carbons (Fsp3) is 0.182. The number of nitrogens with zero attached hydrogens (tertiary/aromatic N) is 2. The highest BCUT2D eigenvalue weighted by Crippen LogP contribution is 2.45. The van der Waals surface area contributed by atoms with Crippen LogP contribution in [0.4, 0.5) is 26.3 Å². The van der Waals surface area contributed by atoms with Crippen LogP contribution in [0.3, 0.4) is 0 Å². The molecule has 0 aliphatic carbocycles. The molecule has 2 heterocycles. The van der Waals surface area contributed by atoms with E-state index in [4.69, 9.17) is 11.6 Å². The molecular weight excluding hydrogens is 506 g/mol. The predicted molar refractivity (Wildman–Crippen MR) is 115 cm³/mol. The van der Waals surface area contributed by atoms with Gasteiger partial charge in [0.15, 0.2) is 0 Å². The third-order valence-electron chi connectivity index (χ3n) is 5.07. The van der Waals surface area contributed by atoms with Crippen LogP contribution in [0.5, 0.6) is 0 Å². The second-order valence-electron chi connectivity index (χ2n) is 7.29. The highest BCUT2D eigenvalue weighted by atomic mass is 35.5. The molecule has 4 rings (SSSR count). The summed E-state index contributed by atoms with van der Waals surface area (Å²) in [7, 11) is 0. The SMILES string of the molecule is OC(O)(c1cc2c(C(F)(F)F)c(CSc3ccc(Cl)cc3)cnc2c2ncccc12)C(F)(F)F. The Morgan fingerprint density at radius 3 is 2.15 bits per heavy atom. The normalized spacial score (nSPS) is 13.1. The average Bonchev–Trinajstić information content (AvgIpc) is 2.76. The zero-order chi connectivity index (χ0) is 24.9. The van der Waals surface area contributed by atoms with Crippen LogP contribution >= 0.6 is 23.4 Å². The van der Waals surface area contributed by atoms with Gasteiger partial charge in [-0.25, -0.2) is 0 Å². The third-order valence-corrected chi connectivity index (χ3v) is 6.38. The number of benzene rings is 2. The first-order valence-corrected chi connectivity index (χ1v) is 10.8. The molecule has 0 spiro atoms. The summed E-state index contributed by atoms with van der Waals surface area (Å²) < 4.78 is 82.9. The molecule has 178 valence electrons. The topological polar surface area (TPSA) is 66.2 Å². The fourth-order valence-corrected chi connectivity index (χ4v) is 4.50. The van der Waals surface area contributed by atoms with Gasteiger partial charge in [-0.15, -0.1) is 11.8 Å². The summed E-state index contributed by atoms with van der Waals surface area (Å²) >= 11 is 6.86. The van der Waals surface area contributed by atoms with E-state index in [1.807, 2.05) is 0 Å². The molecule has 2 aromatic heterocycles. The van der Waals surface area contributed by atoms with Gasteiger partial charge in [0.2, 0.25) is 0 Å². The lowest BCUT2D eigenvalue weighted by Gasteiger charge is -2.27. The molecule has 12 heteroatoms. The molecule has 4 nitrogen and oxygen atoms in total. The van der Waals surface area contributed by atoms with E-state index < -0.39 is 34.7 Å². The van der Waals surface area contributed by atoms with Gasteiger partial charge in [-0.1, -0.05) is 17.7 Å². The third kappa shape index (κ3) is 4.40. The molecule has 0 bridgehead atoms. The molecule has 0 amide bonds. The van der Waals surface area contributed by atoms with E-state index in [1.165, 1.54) is 6.07 Å². The lowest BCUT2D eigenvalue weighted by molar-refractivity contribution is -0.357. The Labute approximate surface area is 197 Å². The number of aliphatic hydroxyl groups is 2. The van der Waals surface area contributed by atoms with Crippen LogP contribution in [0.2, 0.25) is 5.02 Å². The van der Waals surface area contributed by atoms with Gasteiger partial charge >= 0.3 is 12.4 Å². The van der Waals surface area contributed by atoms with Crippen molar-refractivity contribution in [2.75, 3.05) is 0 Å². The van der Waals surface area contributed by atoms with Gasteiger partial charge in [0, 0.05) is 44.4 Å². The summed E-state index contributed by atoms with van der Waals surface area (Å²) in [6, 6.07) is 9.15. The van der Waals surface area contributed by atoms with Gasteiger partial charge < -0.3 is 10.2 Å². The summed E-state index contributed by atoms with van der Waals surface area (Å²) in [4.78, 5) is 8.55. The van der Waals surface area contributed by atoms with Crippen molar-refractivity contribution in [1.82, 2.24) is 9.97 Å². The largest absolute Gasteiger partial charge is 0.447 e. The maximum atomic E-state index is 14.2. The fourth-order valence-electron chi connectivity index (χ4n) is 3.51. The number of hydrogen-bond donors (Lipinski definition) is 2. The number of hydrogen-bond acceptors (Lipinski definition) is 5. The van der Waals surface area contributed by atoms with Crippen LogP contribution < -0.4 is 0 Å². The van der Waals surface area contributed by atoms with Crippen LogP contribution in [0.1, 0.15) is 16.7 Å². The van der Waals surface area contributed by atoms with Crippen LogP contribution in [0, 0.1) is 0 Å². The van der Waals surface area contributed by atoms with Crippen molar-refractivity contribution in [3.63, 3.8) is 0 Å². The van der Waals surface area contributed by atoms with E-state index in [1.54, 1.807) is 24.3 Å². The molecular formula is C22H13ClF6N2O2S. The molecule has 0 fully saturated rings. The Morgan fingerprint density at radius 1 is 0.882 bits per heavy atom. The molecule has 4 aromatic rings. The molecule has 0 atom stereocenters. The zero-order valence-electron chi connectivity index (χ0n) is 16.7. The van der Waals surface area contributed by atoms with Crippen molar-refractivity contribution in [2.24, 2.45) is 0 Å². The van der Waals surface area contributed by atoms with E-state index >= 15 is 0 Å². The van der Waals surface area contributed by atoms with Crippen LogP contribution in [-0.2, 0) is 17.7 Å². The van der Waals surface area contributed by atoms with E-state index in [0.29, 0.717) is 16.0 Å². The number of halogens is 7. The minimum atomic E-state index is -5.59. The minimum absolute atomic E-state index is 0.211. The summed E-state index contributed by atoms with van der Waals surface area (Å²) in [5, 5.41) is 19.1. The van der Waals surface area contributed by atoms with Gasteiger partial charge in [-0.3, -0.25) is 9.97 Å². The number of rotatable bonds is 4. The quantitative estimate of drug-likeness (QED) is 0.141. The molecule has 0 aliphatic rings. The molecule has 0 saturated carbocycles. The van der Waals surface area contributed by atoms with Crippen molar-refractivity contribution in [2.45, 2.75) is 28.8 Å². The Kier molecular flexibility index (Phi) is 6.17. The van der Waals surface area contributed by atoms with E-state index in [-0.39, 0.29) is 27.7 Å². The van der Waals surface area contributed by atoms with Crippen molar-refractivity contribution in [3.05, 3.63) is 76.6 Å². The highest BCUT2D eigenvalue weighted by Gasteiger charge is 2.55. The summed E-state index contributed by atoms with van der Waals surface area (Å²) in [6.45, 7) is 0. The van der Waals surface area contributed by atoms with Gasteiger partial charge in [0.1, 0.15) is 0 Å². The molecule has 0 radical (unpaired) electrons. The average molecular weight is 519 g/mol. The molecule has 0 saturated heterocycles. The van der Waals surface area contributed by atoms with Crippen molar-refractivity contribution in [1.29, 1.82) is 0 Å². The van der Waals surface area contributed by atoms with Gasteiger partial charge in [-0.2, -0.15) is 26.3 Å². The maximum Gasteiger partial charge on any atom is 0.447 e. The van der Waals surface area contributed by atoms with E-state index in [0.717, 1.165) is 30.2 Å². The van der Waals surface area contributed by atoms with Crippen LogP contribution in [-0.4, -0.2) is 26.4 Å². The number of aromatic nitrogens is 2. The molecule has 2 aromatic carbocycles. The summed E-state index contributed by atoms with van der Waals surface area (Å²) in [6.07, 6.45) is -8.41. The Bertz CT molecular complexity index is 1370. The number of thioether (sulfide) groups is 1. The number of alkyl halides is 6. The Balaban J connectivity index is 1.98. The molecule has 2 N–H and O–H groups in total. The maximum absolute atomic E-state index is 14.2. The first-order chi connectivity index (χ1) is 15.8. The van der Waals surface area contributed by atoms with Crippen molar-refractivity contribution in [3.8, 4) is 0 Å². The summed E-state index contributed by atoms with van der Waals surface area (Å²) in [5.74, 6) is -4.63. The smallest absolute Gasteiger partial charge is 0.355 e. The Morgan fingerprint density at radius 2 is 1.53 bits per heavy atom. The summed E-state index contributed by atoms with van der Waals surface area (Å²) in [5.41, 5.74) is -3.34. The second kappa shape index (κ2) is 8.56. The molecule has 0 unspecified atom stereocenters. The highest BCUT2D eigenvalue weighted by molar-refractivity contribution is 7.98. The number of pyridine rings is 2. The molecule has 34 heavy (non-hydrogen) atoms. The predicted octanol–water partition coefficient (Wildman–Crippen LogP) is 6.45. The zero-order valence-corrected chi connectivity index (χ0v) is 18.3. The lowest BCUT2D eigenvalue weighted by atomic mass is 9.94. The minimum Gasteiger partial charge on any atom is -0.355 e. The standard InChI is InChI=1S/C22H13ClF6N2O2S/c23-12-3-5-13(6-4-12)34-10-11-9-31-19-15(17(11)21(24,25)26)8-16(20(32,33)22(27,28)29)14-2-1-7-30-18(14)19/h1-9,32-33H,10H2. The van der Waals surface area contributed by atoms with Crippen LogP contribution in [0.25, 0.3) is 21.8 Å². The van der Waals surface area contributed by atoms with Gasteiger partial charge in [0.25, 0.3) is 5.79 Å². The van der Waals surface area contributed by atoms with Gasteiger partial charge in [0.05, 0.1) is 16.6 Å². The van der Waals surface area contributed by atoms with E-state index in [9.17, 15) is 36.6 Å². The lowest BCUT2D eigenvalue weighted by Crippen LogP contribution is -2.42. The van der Waals surface area contributed by atoms with Gasteiger partial charge in [-0.05, 0) is 42.0 Å². The first kappa shape index (κ1) is 24.5. The number of fused-ring (bicyclic) bond motifs is 3.